The largest absolute Gasteiger partial charge is 0.433 e. The van der Waals surface area contributed by atoms with Crippen LogP contribution in [0.5, 0.6) is 0 Å². The molecular formula is C23H22F4N4O3S. The zero-order chi connectivity index (χ0) is 25.8. The van der Waals surface area contributed by atoms with Crippen molar-refractivity contribution in [2.45, 2.75) is 25.6 Å². The molecule has 35 heavy (non-hydrogen) atoms. The molecule has 1 aliphatic heterocycles. The Morgan fingerprint density at radius 1 is 1.26 bits per heavy atom. The Morgan fingerprint density at radius 3 is 2.54 bits per heavy atom. The summed E-state index contributed by atoms with van der Waals surface area (Å²) in [5.41, 5.74) is -0.784. The van der Waals surface area contributed by atoms with Crippen LogP contribution in [0.2, 0.25) is 0 Å². The third-order valence-corrected chi connectivity index (χ3v) is 5.65. The molecule has 186 valence electrons. The number of carbonyl (C=O) groups is 1. The van der Waals surface area contributed by atoms with Crippen LogP contribution in [0, 0.1) is 18.2 Å². The maximum atomic E-state index is 14.4. The second-order valence-corrected chi connectivity index (χ2v) is 9.62. The van der Waals surface area contributed by atoms with Crippen LogP contribution in [0.1, 0.15) is 35.2 Å². The Labute approximate surface area is 200 Å². The number of halogens is 4. The number of nitrogens with zero attached hydrogens (tertiary/aromatic N) is 2. The molecule has 7 nitrogen and oxygen atoms in total. The van der Waals surface area contributed by atoms with Crippen LogP contribution in [0.15, 0.2) is 30.3 Å². The molecule has 0 radical (unpaired) electrons. The van der Waals surface area contributed by atoms with Gasteiger partial charge in [-0.05, 0) is 48.7 Å². The summed E-state index contributed by atoms with van der Waals surface area (Å²) in [7, 11) is -3.76. The van der Waals surface area contributed by atoms with E-state index >= 15 is 0 Å². The average Bonchev–Trinajstić information content (AvgIpc) is 3.31. The van der Waals surface area contributed by atoms with Crippen LogP contribution in [-0.4, -0.2) is 38.7 Å². The summed E-state index contributed by atoms with van der Waals surface area (Å²) in [6.45, 7) is 1.00. The topological polar surface area (TPSA) is 91.4 Å². The van der Waals surface area contributed by atoms with Crippen molar-refractivity contribution in [3.63, 3.8) is 0 Å². The van der Waals surface area contributed by atoms with Gasteiger partial charge in [-0.3, -0.25) is 9.52 Å². The molecule has 0 saturated carbocycles. The number of aromatic nitrogens is 1. The standard InChI is InChI=1S/C23H22F4N4O3S/c1-3-16-12-15(13-18(24)21(16)30-35(2,33)34)14-28-20(32)9-7-17-6-8-19(23(25,26)27)29-22(17)31-10-4-5-11-31/h1,6-9,12-13,30H,4-5,10-11,14H2,2H3,(H,28,32)/b9-7+. The molecule has 0 unspecified atom stereocenters. The van der Waals surface area contributed by atoms with Gasteiger partial charge < -0.3 is 10.2 Å². The van der Waals surface area contributed by atoms with Gasteiger partial charge in [0.2, 0.25) is 15.9 Å². The van der Waals surface area contributed by atoms with Crippen LogP contribution in [0.3, 0.4) is 0 Å². The fourth-order valence-corrected chi connectivity index (χ4v) is 4.09. The predicted molar refractivity (Wildman–Crippen MR) is 124 cm³/mol. The Kier molecular flexibility index (Phi) is 7.70. The molecule has 3 rings (SSSR count). The smallest absolute Gasteiger partial charge is 0.356 e. The van der Waals surface area contributed by atoms with E-state index in [-0.39, 0.29) is 29.2 Å². The number of carbonyl (C=O) groups excluding carboxylic acids is 1. The molecule has 0 atom stereocenters. The summed E-state index contributed by atoms with van der Waals surface area (Å²) in [6, 6.07) is 4.50. The molecule has 1 aromatic heterocycles. The van der Waals surface area contributed by atoms with Crippen molar-refractivity contribution in [2.75, 3.05) is 29.0 Å². The summed E-state index contributed by atoms with van der Waals surface area (Å²) < 4.78 is 78.6. The number of terminal acetylenes is 1. The van der Waals surface area contributed by atoms with E-state index in [4.69, 9.17) is 6.42 Å². The number of rotatable bonds is 7. The molecule has 0 aliphatic carbocycles. The minimum absolute atomic E-state index is 0.0405. The number of hydrogen-bond donors (Lipinski definition) is 2. The zero-order valence-corrected chi connectivity index (χ0v) is 19.4. The highest BCUT2D eigenvalue weighted by Crippen LogP contribution is 2.32. The minimum atomic E-state index is -4.59. The van der Waals surface area contributed by atoms with Crippen molar-refractivity contribution in [3.8, 4) is 12.3 Å². The Balaban J connectivity index is 1.75. The van der Waals surface area contributed by atoms with Gasteiger partial charge in [0.25, 0.3) is 0 Å². The number of amides is 1. The van der Waals surface area contributed by atoms with Gasteiger partial charge in [-0.15, -0.1) is 6.42 Å². The van der Waals surface area contributed by atoms with E-state index in [1.807, 2.05) is 4.72 Å². The maximum absolute atomic E-state index is 14.4. The Morgan fingerprint density at radius 2 is 1.94 bits per heavy atom. The quantitative estimate of drug-likeness (QED) is 0.338. The number of sulfonamides is 1. The highest BCUT2D eigenvalue weighted by molar-refractivity contribution is 7.92. The van der Waals surface area contributed by atoms with Crippen LogP contribution >= 0.6 is 0 Å². The molecule has 0 bridgehead atoms. The number of pyridine rings is 1. The van der Waals surface area contributed by atoms with Gasteiger partial charge in [-0.25, -0.2) is 17.8 Å². The highest BCUT2D eigenvalue weighted by atomic mass is 32.2. The fraction of sp³-hybridized carbons (Fsp3) is 0.304. The van der Waals surface area contributed by atoms with Crippen molar-refractivity contribution in [1.82, 2.24) is 10.3 Å². The fourth-order valence-electron chi connectivity index (χ4n) is 3.51. The number of benzene rings is 1. The van der Waals surface area contributed by atoms with Gasteiger partial charge in [-0.1, -0.05) is 5.92 Å². The monoisotopic (exact) mass is 510 g/mol. The molecule has 2 N–H and O–H groups in total. The second-order valence-electron chi connectivity index (χ2n) is 7.87. The van der Waals surface area contributed by atoms with E-state index in [1.54, 1.807) is 4.90 Å². The molecule has 1 aliphatic rings. The third kappa shape index (κ3) is 6.95. The molecule has 12 heteroatoms. The third-order valence-electron chi connectivity index (χ3n) is 5.08. The van der Waals surface area contributed by atoms with Gasteiger partial charge in [0, 0.05) is 31.3 Å². The molecule has 1 fully saturated rings. The maximum Gasteiger partial charge on any atom is 0.433 e. The molecular weight excluding hydrogens is 488 g/mol. The summed E-state index contributed by atoms with van der Waals surface area (Å²) in [5, 5.41) is 2.53. The first kappa shape index (κ1) is 26.0. The Hall–Kier alpha value is -3.59. The lowest BCUT2D eigenvalue weighted by molar-refractivity contribution is -0.141. The van der Waals surface area contributed by atoms with E-state index in [2.05, 4.69) is 16.2 Å². The van der Waals surface area contributed by atoms with Crippen LogP contribution in [-0.2, 0) is 27.5 Å². The summed E-state index contributed by atoms with van der Waals surface area (Å²) in [5.74, 6) is 0.855. The molecule has 1 aromatic carbocycles. The van der Waals surface area contributed by atoms with Crippen molar-refractivity contribution in [1.29, 1.82) is 0 Å². The van der Waals surface area contributed by atoms with E-state index in [1.165, 1.54) is 18.2 Å². The van der Waals surface area contributed by atoms with Gasteiger partial charge in [0.15, 0.2) is 0 Å². The normalized spacial score (nSPS) is 14.2. The Bertz CT molecular complexity index is 1300. The first-order chi connectivity index (χ1) is 16.4. The van der Waals surface area contributed by atoms with E-state index in [9.17, 15) is 30.8 Å². The average molecular weight is 511 g/mol. The molecule has 1 saturated heterocycles. The van der Waals surface area contributed by atoms with Crippen molar-refractivity contribution in [3.05, 3.63) is 58.5 Å². The molecule has 2 aromatic rings. The summed E-state index contributed by atoms with van der Waals surface area (Å²) in [4.78, 5) is 17.8. The first-order valence-corrected chi connectivity index (χ1v) is 12.3. The lowest BCUT2D eigenvalue weighted by atomic mass is 10.1. The minimum Gasteiger partial charge on any atom is -0.356 e. The number of nitrogens with one attached hydrogen (secondary N) is 2. The zero-order valence-electron chi connectivity index (χ0n) is 18.6. The number of alkyl halides is 3. The summed E-state index contributed by atoms with van der Waals surface area (Å²) in [6.07, 6.45) is 5.78. The number of anilines is 2. The molecule has 2 heterocycles. The molecule has 0 spiro atoms. The highest BCUT2D eigenvalue weighted by Gasteiger charge is 2.33. The van der Waals surface area contributed by atoms with E-state index in [0.29, 0.717) is 18.7 Å². The lowest BCUT2D eigenvalue weighted by Gasteiger charge is -2.20. The summed E-state index contributed by atoms with van der Waals surface area (Å²) >= 11 is 0. The van der Waals surface area contributed by atoms with Crippen molar-refractivity contribution >= 4 is 33.5 Å². The van der Waals surface area contributed by atoms with Crippen LogP contribution in [0.4, 0.5) is 29.1 Å². The lowest BCUT2D eigenvalue weighted by Crippen LogP contribution is -2.22. The van der Waals surface area contributed by atoms with Crippen molar-refractivity contribution < 1.29 is 30.8 Å². The van der Waals surface area contributed by atoms with Crippen LogP contribution in [0.25, 0.3) is 6.08 Å². The number of hydrogen-bond acceptors (Lipinski definition) is 5. The van der Waals surface area contributed by atoms with E-state index < -0.39 is 33.6 Å². The van der Waals surface area contributed by atoms with Gasteiger partial charge in [0.05, 0.1) is 17.5 Å². The van der Waals surface area contributed by atoms with Gasteiger partial charge >= 0.3 is 6.18 Å². The predicted octanol–water partition coefficient (Wildman–Crippen LogP) is 3.52. The SMILES string of the molecule is C#Cc1cc(CNC(=O)/C=C/c2ccc(C(F)(F)F)nc2N2CCCC2)cc(F)c1NS(C)(=O)=O. The van der Waals surface area contributed by atoms with Crippen molar-refractivity contribution in [2.24, 2.45) is 0 Å². The van der Waals surface area contributed by atoms with Gasteiger partial charge in [0.1, 0.15) is 17.3 Å². The van der Waals surface area contributed by atoms with E-state index in [0.717, 1.165) is 37.3 Å². The molecule has 1 amide bonds. The first-order valence-electron chi connectivity index (χ1n) is 10.4. The van der Waals surface area contributed by atoms with Gasteiger partial charge in [-0.2, -0.15) is 13.2 Å². The second kappa shape index (κ2) is 10.4. The van der Waals surface area contributed by atoms with Crippen LogP contribution < -0.4 is 14.9 Å².